The van der Waals surface area contributed by atoms with Gasteiger partial charge in [0.1, 0.15) is 17.7 Å². The minimum absolute atomic E-state index is 0.170. The van der Waals surface area contributed by atoms with Crippen LogP contribution in [0.1, 0.15) is 18.7 Å². The van der Waals surface area contributed by atoms with E-state index in [4.69, 9.17) is 9.72 Å². The van der Waals surface area contributed by atoms with Crippen LogP contribution in [0.25, 0.3) is 10.9 Å². The largest absolute Gasteiger partial charge is 0.468 e. The third kappa shape index (κ3) is 3.12. The summed E-state index contributed by atoms with van der Waals surface area (Å²) in [7, 11) is 5.40. The van der Waals surface area contributed by atoms with Gasteiger partial charge in [0.25, 0.3) is 0 Å². The molecule has 122 valence electrons. The van der Waals surface area contributed by atoms with Gasteiger partial charge in [-0.05, 0) is 31.5 Å². The summed E-state index contributed by atoms with van der Waals surface area (Å²) in [6, 6.07) is 7.81. The fourth-order valence-corrected chi connectivity index (χ4v) is 3.12. The molecule has 6 nitrogen and oxygen atoms in total. The summed E-state index contributed by atoms with van der Waals surface area (Å²) in [6.45, 7) is 1.43. The van der Waals surface area contributed by atoms with Crippen LogP contribution in [0, 0.1) is 0 Å². The van der Waals surface area contributed by atoms with Gasteiger partial charge in [0.15, 0.2) is 0 Å². The number of methoxy groups -OCH3 is 1. The van der Waals surface area contributed by atoms with Crippen molar-refractivity contribution in [2.45, 2.75) is 25.4 Å². The molecule has 2 aromatic rings. The highest BCUT2D eigenvalue weighted by atomic mass is 16.5. The van der Waals surface area contributed by atoms with E-state index in [1.165, 1.54) is 7.11 Å². The molecule has 1 fully saturated rings. The lowest BCUT2D eigenvalue weighted by atomic mass is 10.2. The highest BCUT2D eigenvalue weighted by molar-refractivity contribution is 5.89. The molecule has 0 bridgehead atoms. The van der Waals surface area contributed by atoms with Gasteiger partial charge in [-0.15, -0.1) is 0 Å². The van der Waals surface area contributed by atoms with E-state index in [-0.39, 0.29) is 12.0 Å². The van der Waals surface area contributed by atoms with Gasteiger partial charge in [0, 0.05) is 19.5 Å². The summed E-state index contributed by atoms with van der Waals surface area (Å²) >= 11 is 0. The zero-order valence-corrected chi connectivity index (χ0v) is 13.8. The molecule has 1 saturated heterocycles. The standard InChI is InChI=1S/C17H22N4O2/c1-20(2)16-12-7-4-5-8-13(12)18-15(19-16)11-21-10-6-9-14(21)17(22)23-3/h4-5,7-8,14H,6,9-11H2,1-3H3/t14-/m0/s1. The zero-order chi connectivity index (χ0) is 16.4. The van der Waals surface area contributed by atoms with Gasteiger partial charge in [0.2, 0.25) is 0 Å². The Morgan fingerprint density at radius 3 is 2.87 bits per heavy atom. The van der Waals surface area contributed by atoms with Gasteiger partial charge in [-0.25, -0.2) is 9.97 Å². The summed E-state index contributed by atoms with van der Waals surface area (Å²) in [6.07, 6.45) is 1.83. The molecule has 1 aromatic heterocycles. The zero-order valence-electron chi connectivity index (χ0n) is 13.8. The Bertz CT molecular complexity index is 717. The van der Waals surface area contributed by atoms with Gasteiger partial charge in [-0.3, -0.25) is 9.69 Å². The summed E-state index contributed by atoms with van der Waals surface area (Å²) in [4.78, 5) is 25.4. The maximum absolute atomic E-state index is 11.9. The van der Waals surface area contributed by atoms with Crippen LogP contribution in [0.3, 0.4) is 0 Å². The first-order chi connectivity index (χ1) is 11.1. The number of benzene rings is 1. The lowest BCUT2D eigenvalue weighted by Gasteiger charge is -2.22. The summed E-state index contributed by atoms with van der Waals surface area (Å²) in [5.41, 5.74) is 0.926. The van der Waals surface area contributed by atoms with Crippen molar-refractivity contribution < 1.29 is 9.53 Å². The normalized spacial score (nSPS) is 18.3. The molecular weight excluding hydrogens is 292 g/mol. The van der Waals surface area contributed by atoms with Crippen molar-refractivity contribution in [1.82, 2.24) is 14.9 Å². The molecule has 0 unspecified atom stereocenters. The van der Waals surface area contributed by atoms with Crippen LogP contribution in [-0.4, -0.2) is 54.6 Å². The SMILES string of the molecule is COC(=O)[C@@H]1CCCN1Cc1nc(N(C)C)c2ccccc2n1. The number of aromatic nitrogens is 2. The maximum atomic E-state index is 11.9. The number of likely N-dealkylation sites (tertiary alicyclic amines) is 1. The number of hydrogen-bond donors (Lipinski definition) is 0. The van der Waals surface area contributed by atoms with Crippen LogP contribution in [0.4, 0.5) is 5.82 Å². The van der Waals surface area contributed by atoms with Crippen molar-refractivity contribution in [3.8, 4) is 0 Å². The highest BCUT2D eigenvalue weighted by Gasteiger charge is 2.32. The Labute approximate surface area is 136 Å². The highest BCUT2D eigenvalue weighted by Crippen LogP contribution is 2.25. The number of nitrogens with zero attached hydrogens (tertiary/aromatic N) is 4. The Morgan fingerprint density at radius 2 is 2.13 bits per heavy atom. The molecule has 1 atom stereocenters. The first kappa shape index (κ1) is 15.7. The third-order valence-corrected chi connectivity index (χ3v) is 4.23. The van der Waals surface area contributed by atoms with Crippen LogP contribution in [-0.2, 0) is 16.1 Å². The number of carbonyl (C=O) groups is 1. The van der Waals surface area contributed by atoms with Crippen molar-refractivity contribution in [1.29, 1.82) is 0 Å². The number of hydrogen-bond acceptors (Lipinski definition) is 6. The van der Waals surface area contributed by atoms with Crippen LogP contribution in [0.5, 0.6) is 0 Å². The van der Waals surface area contributed by atoms with Crippen molar-refractivity contribution in [3.63, 3.8) is 0 Å². The molecule has 6 heteroatoms. The Kier molecular flexibility index (Phi) is 4.43. The monoisotopic (exact) mass is 314 g/mol. The fourth-order valence-electron chi connectivity index (χ4n) is 3.12. The minimum atomic E-state index is -0.183. The number of anilines is 1. The van der Waals surface area contributed by atoms with Gasteiger partial charge in [0.05, 0.1) is 19.2 Å². The molecule has 2 heterocycles. The molecular formula is C17H22N4O2. The number of ether oxygens (including phenoxy) is 1. The first-order valence-corrected chi connectivity index (χ1v) is 7.85. The van der Waals surface area contributed by atoms with Gasteiger partial charge in [-0.1, -0.05) is 12.1 Å². The first-order valence-electron chi connectivity index (χ1n) is 7.85. The number of esters is 1. The Morgan fingerprint density at radius 1 is 1.35 bits per heavy atom. The number of fused-ring (bicyclic) bond motifs is 1. The summed E-state index contributed by atoms with van der Waals surface area (Å²) in [5, 5.41) is 1.03. The average Bonchev–Trinajstić information content (AvgIpc) is 3.01. The summed E-state index contributed by atoms with van der Waals surface area (Å²) < 4.78 is 4.90. The third-order valence-electron chi connectivity index (χ3n) is 4.23. The lowest BCUT2D eigenvalue weighted by Crippen LogP contribution is -2.36. The van der Waals surface area contributed by atoms with Crippen LogP contribution in [0.15, 0.2) is 24.3 Å². The van der Waals surface area contributed by atoms with Gasteiger partial charge >= 0.3 is 5.97 Å². The molecule has 0 amide bonds. The van der Waals surface area contributed by atoms with E-state index in [0.717, 1.165) is 41.9 Å². The van der Waals surface area contributed by atoms with Crippen molar-refractivity contribution in [2.75, 3.05) is 32.6 Å². The second kappa shape index (κ2) is 6.50. The van der Waals surface area contributed by atoms with Crippen molar-refractivity contribution in [2.24, 2.45) is 0 Å². The predicted molar refractivity (Wildman–Crippen MR) is 89.3 cm³/mol. The summed E-state index contributed by atoms with van der Waals surface area (Å²) in [5.74, 6) is 1.47. The predicted octanol–water partition coefficient (Wildman–Crippen LogP) is 1.83. The number of para-hydroxylation sites is 1. The van der Waals surface area contributed by atoms with E-state index in [2.05, 4.69) is 9.88 Å². The molecule has 0 N–H and O–H groups in total. The molecule has 0 saturated carbocycles. The van der Waals surface area contributed by atoms with Gasteiger partial charge < -0.3 is 9.64 Å². The van der Waals surface area contributed by atoms with Crippen molar-refractivity contribution in [3.05, 3.63) is 30.1 Å². The van der Waals surface area contributed by atoms with E-state index in [9.17, 15) is 4.79 Å². The molecule has 0 radical (unpaired) electrons. The van der Waals surface area contributed by atoms with Crippen LogP contribution in [0.2, 0.25) is 0 Å². The van der Waals surface area contributed by atoms with Crippen LogP contribution < -0.4 is 4.90 Å². The molecule has 0 aliphatic carbocycles. The van der Waals surface area contributed by atoms with E-state index in [0.29, 0.717) is 6.54 Å². The second-order valence-electron chi connectivity index (χ2n) is 6.03. The van der Waals surface area contributed by atoms with E-state index < -0.39 is 0 Å². The molecule has 1 aliphatic rings. The smallest absolute Gasteiger partial charge is 0.323 e. The topological polar surface area (TPSA) is 58.6 Å². The molecule has 1 aromatic carbocycles. The molecule has 0 spiro atoms. The quantitative estimate of drug-likeness (QED) is 0.803. The van der Waals surface area contributed by atoms with Gasteiger partial charge in [-0.2, -0.15) is 0 Å². The van der Waals surface area contributed by atoms with Crippen LogP contribution >= 0.6 is 0 Å². The van der Waals surface area contributed by atoms with E-state index >= 15 is 0 Å². The van der Waals surface area contributed by atoms with E-state index in [1.807, 2.05) is 43.3 Å². The molecule has 3 rings (SSSR count). The minimum Gasteiger partial charge on any atom is -0.468 e. The Hall–Kier alpha value is -2.21. The van der Waals surface area contributed by atoms with E-state index in [1.54, 1.807) is 0 Å². The maximum Gasteiger partial charge on any atom is 0.323 e. The number of rotatable bonds is 4. The molecule has 23 heavy (non-hydrogen) atoms. The second-order valence-corrected chi connectivity index (χ2v) is 6.03. The molecule has 1 aliphatic heterocycles. The lowest BCUT2D eigenvalue weighted by molar-refractivity contribution is -0.146. The fraction of sp³-hybridized carbons (Fsp3) is 0.471. The Balaban J connectivity index is 1.92. The average molecular weight is 314 g/mol. The van der Waals surface area contributed by atoms with Crippen molar-refractivity contribution >= 4 is 22.7 Å². The number of carbonyl (C=O) groups excluding carboxylic acids is 1.